The number of rotatable bonds is 5. The van der Waals surface area contributed by atoms with E-state index in [4.69, 9.17) is 12.2 Å². The molecule has 0 amide bonds. The normalized spacial score (nSPS) is 12.1. The second-order valence-electron chi connectivity index (χ2n) is 6.49. The summed E-state index contributed by atoms with van der Waals surface area (Å²) in [7, 11) is 0. The van der Waals surface area contributed by atoms with Gasteiger partial charge < -0.3 is 15.2 Å². The zero-order valence-electron chi connectivity index (χ0n) is 15.0. The fraction of sp³-hybridized carbons (Fsp3) is 0.286. The number of aromatic nitrogens is 1. The third-order valence-corrected chi connectivity index (χ3v) is 5.12. The van der Waals surface area contributed by atoms with Crippen molar-refractivity contribution >= 4 is 33.9 Å². The number of fused-ring (bicyclic) bond motifs is 1. The minimum Gasteiger partial charge on any atom is -0.361 e. The molecule has 1 unspecified atom stereocenters. The van der Waals surface area contributed by atoms with E-state index in [1.807, 2.05) is 12.1 Å². The summed E-state index contributed by atoms with van der Waals surface area (Å²) in [4.78, 5) is 5.63. The fourth-order valence-electron chi connectivity index (χ4n) is 2.99. The quantitative estimate of drug-likeness (QED) is 0.597. The van der Waals surface area contributed by atoms with Gasteiger partial charge in [0, 0.05) is 35.4 Å². The Morgan fingerprint density at radius 2 is 1.88 bits per heavy atom. The minimum atomic E-state index is 0.359. The molecule has 3 aromatic rings. The van der Waals surface area contributed by atoms with Crippen LogP contribution in [0.5, 0.6) is 0 Å². The van der Waals surface area contributed by atoms with Gasteiger partial charge in [0.25, 0.3) is 0 Å². The van der Waals surface area contributed by atoms with E-state index in [1.54, 1.807) is 0 Å². The molecule has 0 aliphatic heterocycles. The molecule has 0 aliphatic rings. The van der Waals surface area contributed by atoms with Crippen molar-refractivity contribution in [2.75, 3.05) is 5.32 Å². The van der Waals surface area contributed by atoms with E-state index in [0.717, 1.165) is 23.8 Å². The number of thiocarbonyl (C=S) groups is 1. The third kappa shape index (κ3) is 3.85. The van der Waals surface area contributed by atoms with Crippen molar-refractivity contribution in [2.24, 2.45) is 0 Å². The predicted molar refractivity (Wildman–Crippen MR) is 111 cm³/mol. The number of nitrogens with zero attached hydrogens (tertiary/aromatic N) is 1. The van der Waals surface area contributed by atoms with Crippen LogP contribution in [0, 0.1) is 6.92 Å². The number of aromatic amines is 1. The van der Waals surface area contributed by atoms with E-state index in [-0.39, 0.29) is 0 Å². The number of H-pyrrole nitrogens is 1. The molecule has 1 aromatic heterocycles. The van der Waals surface area contributed by atoms with E-state index in [9.17, 15) is 0 Å². The van der Waals surface area contributed by atoms with Gasteiger partial charge in [0.15, 0.2) is 5.11 Å². The highest BCUT2D eigenvalue weighted by Gasteiger charge is 2.18. The number of anilines is 1. The van der Waals surface area contributed by atoms with Crippen LogP contribution in [0.2, 0.25) is 0 Å². The molecule has 130 valence electrons. The summed E-state index contributed by atoms with van der Waals surface area (Å²) in [6.07, 6.45) is 3.13. The molecule has 2 N–H and O–H groups in total. The summed E-state index contributed by atoms with van der Waals surface area (Å²) >= 11 is 5.76. The Balaban J connectivity index is 1.84. The standard InChI is InChI=1S/C21H25N3S/c1-4-16(3)24(21(25)23-19-11-7-5-9-15(19)2)14-17-13-22-20-12-8-6-10-18(17)20/h5-13,16,22H,4,14H2,1-3H3,(H,23,25). The molecule has 0 saturated carbocycles. The summed E-state index contributed by atoms with van der Waals surface area (Å²) in [5.41, 5.74) is 4.70. The lowest BCUT2D eigenvalue weighted by molar-refractivity contribution is 0.321. The van der Waals surface area contributed by atoms with Crippen molar-refractivity contribution in [1.82, 2.24) is 9.88 Å². The lowest BCUT2D eigenvalue weighted by atomic mass is 10.1. The highest BCUT2D eigenvalue weighted by molar-refractivity contribution is 7.80. The average Bonchev–Trinajstić information content (AvgIpc) is 3.04. The van der Waals surface area contributed by atoms with Crippen molar-refractivity contribution in [2.45, 2.75) is 39.8 Å². The van der Waals surface area contributed by atoms with Crippen LogP contribution in [0.3, 0.4) is 0 Å². The fourth-order valence-corrected chi connectivity index (χ4v) is 3.35. The zero-order valence-corrected chi connectivity index (χ0v) is 15.9. The molecule has 0 fully saturated rings. The van der Waals surface area contributed by atoms with Crippen LogP contribution in [0.1, 0.15) is 31.4 Å². The first-order valence-electron chi connectivity index (χ1n) is 8.78. The Kier molecular flexibility index (Phi) is 5.39. The van der Waals surface area contributed by atoms with E-state index in [2.05, 4.69) is 78.6 Å². The molecule has 1 atom stereocenters. The third-order valence-electron chi connectivity index (χ3n) is 4.79. The first-order valence-corrected chi connectivity index (χ1v) is 9.19. The van der Waals surface area contributed by atoms with Crippen molar-refractivity contribution in [3.05, 3.63) is 65.9 Å². The van der Waals surface area contributed by atoms with Crippen LogP contribution < -0.4 is 5.32 Å². The molecule has 2 aromatic carbocycles. The van der Waals surface area contributed by atoms with Crippen molar-refractivity contribution in [3.63, 3.8) is 0 Å². The number of aryl methyl sites for hydroxylation is 1. The first kappa shape index (κ1) is 17.5. The Morgan fingerprint density at radius 1 is 1.16 bits per heavy atom. The summed E-state index contributed by atoms with van der Waals surface area (Å²) in [6.45, 7) is 7.30. The minimum absolute atomic E-state index is 0.359. The highest BCUT2D eigenvalue weighted by atomic mass is 32.1. The van der Waals surface area contributed by atoms with Gasteiger partial charge in [-0.3, -0.25) is 0 Å². The number of nitrogens with one attached hydrogen (secondary N) is 2. The van der Waals surface area contributed by atoms with E-state index in [0.29, 0.717) is 6.04 Å². The first-order chi connectivity index (χ1) is 12.1. The zero-order chi connectivity index (χ0) is 17.8. The molecule has 0 radical (unpaired) electrons. The van der Waals surface area contributed by atoms with Gasteiger partial charge in [-0.1, -0.05) is 43.3 Å². The molecule has 4 heteroatoms. The van der Waals surface area contributed by atoms with E-state index >= 15 is 0 Å². The Hall–Kier alpha value is -2.33. The maximum Gasteiger partial charge on any atom is 0.173 e. The molecule has 0 spiro atoms. The Labute approximate surface area is 155 Å². The maximum absolute atomic E-state index is 5.76. The molecule has 1 heterocycles. The monoisotopic (exact) mass is 351 g/mol. The van der Waals surface area contributed by atoms with Crippen molar-refractivity contribution in [3.8, 4) is 0 Å². The number of benzene rings is 2. The highest BCUT2D eigenvalue weighted by Crippen LogP contribution is 2.22. The average molecular weight is 352 g/mol. The summed E-state index contributed by atoms with van der Waals surface area (Å²) < 4.78 is 0. The van der Waals surface area contributed by atoms with Crippen molar-refractivity contribution in [1.29, 1.82) is 0 Å². The van der Waals surface area contributed by atoms with Gasteiger partial charge in [0.05, 0.1) is 0 Å². The number of hydrogen-bond donors (Lipinski definition) is 2. The molecule has 3 rings (SSSR count). The van der Waals surface area contributed by atoms with Gasteiger partial charge in [-0.25, -0.2) is 0 Å². The Morgan fingerprint density at radius 3 is 2.64 bits per heavy atom. The molecular weight excluding hydrogens is 326 g/mol. The molecule has 0 bridgehead atoms. The summed E-state index contributed by atoms with van der Waals surface area (Å²) in [5.74, 6) is 0. The predicted octanol–water partition coefficient (Wildman–Crippen LogP) is 5.47. The smallest absolute Gasteiger partial charge is 0.173 e. The van der Waals surface area contributed by atoms with Crippen LogP contribution in [-0.4, -0.2) is 21.0 Å². The van der Waals surface area contributed by atoms with Crippen LogP contribution in [-0.2, 0) is 6.54 Å². The van der Waals surface area contributed by atoms with Crippen LogP contribution in [0.15, 0.2) is 54.7 Å². The molecule has 25 heavy (non-hydrogen) atoms. The van der Waals surface area contributed by atoms with E-state index < -0.39 is 0 Å². The SMILES string of the molecule is CCC(C)N(Cc1c[nH]c2ccccc12)C(=S)Nc1ccccc1C. The maximum atomic E-state index is 5.76. The van der Waals surface area contributed by atoms with Gasteiger partial charge in [0.1, 0.15) is 0 Å². The second-order valence-corrected chi connectivity index (χ2v) is 6.88. The molecule has 0 saturated heterocycles. The van der Waals surface area contributed by atoms with Crippen molar-refractivity contribution < 1.29 is 0 Å². The second kappa shape index (κ2) is 7.70. The molecule has 0 aliphatic carbocycles. The lowest BCUT2D eigenvalue weighted by Gasteiger charge is -2.31. The summed E-state index contributed by atoms with van der Waals surface area (Å²) in [6, 6.07) is 17.0. The molecular formula is C21H25N3S. The topological polar surface area (TPSA) is 31.1 Å². The van der Waals surface area contributed by atoms with Gasteiger partial charge in [-0.2, -0.15) is 0 Å². The summed E-state index contributed by atoms with van der Waals surface area (Å²) in [5, 5.41) is 5.46. The van der Waals surface area contributed by atoms with Crippen LogP contribution in [0.25, 0.3) is 10.9 Å². The van der Waals surface area contributed by atoms with Crippen LogP contribution >= 0.6 is 12.2 Å². The number of hydrogen-bond acceptors (Lipinski definition) is 1. The van der Waals surface area contributed by atoms with Gasteiger partial charge in [0.2, 0.25) is 0 Å². The lowest BCUT2D eigenvalue weighted by Crippen LogP contribution is -2.40. The molecule has 3 nitrogen and oxygen atoms in total. The largest absolute Gasteiger partial charge is 0.361 e. The van der Waals surface area contributed by atoms with Gasteiger partial charge >= 0.3 is 0 Å². The number of para-hydroxylation sites is 2. The van der Waals surface area contributed by atoms with Gasteiger partial charge in [-0.15, -0.1) is 0 Å². The van der Waals surface area contributed by atoms with E-state index in [1.165, 1.54) is 22.0 Å². The Bertz CT molecular complexity index is 868. The van der Waals surface area contributed by atoms with Crippen LogP contribution in [0.4, 0.5) is 5.69 Å². The van der Waals surface area contributed by atoms with Gasteiger partial charge in [-0.05, 0) is 55.7 Å².